The van der Waals surface area contributed by atoms with Gasteiger partial charge in [-0.05, 0) is 99.2 Å². The van der Waals surface area contributed by atoms with E-state index in [1.165, 1.54) is 19.8 Å². The van der Waals surface area contributed by atoms with E-state index in [9.17, 15) is 24.9 Å². The molecule has 0 radical (unpaired) electrons. The number of rotatable bonds is 2. The Morgan fingerprint density at radius 1 is 0.897 bits per heavy atom. The minimum atomic E-state index is -1.18. The van der Waals surface area contributed by atoms with Crippen LogP contribution in [0.5, 0.6) is 0 Å². The highest BCUT2D eigenvalue weighted by Crippen LogP contribution is 2.76. The number of aliphatic hydroxyl groups is 3. The number of aliphatic hydroxyl groups excluding tert-OH is 2. The number of hydrogen-bond acceptors (Lipinski definition) is 7. The molecule has 0 aromatic carbocycles. The van der Waals surface area contributed by atoms with Crippen molar-refractivity contribution in [3.05, 3.63) is 11.6 Å². The Morgan fingerprint density at radius 3 is 2.13 bits per heavy atom. The van der Waals surface area contributed by atoms with Crippen LogP contribution in [-0.2, 0) is 19.1 Å². The van der Waals surface area contributed by atoms with Gasteiger partial charge in [-0.3, -0.25) is 9.59 Å². The summed E-state index contributed by atoms with van der Waals surface area (Å²) in [5.41, 5.74) is -2.13. The summed E-state index contributed by atoms with van der Waals surface area (Å²) in [4.78, 5) is 26.6. The first kappa shape index (κ1) is 29.1. The van der Waals surface area contributed by atoms with Gasteiger partial charge in [-0.25, -0.2) is 0 Å². The first-order chi connectivity index (χ1) is 18.0. The zero-order valence-electron chi connectivity index (χ0n) is 25.2. The lowest BCUT2D eigenvalue weighted by Crippen LogP contribution is -2.69. The molecule has 0 aliphatic heterocycles. The molecular formula is C32H50O7. The van der Waals surface area contributed by atoms with Crippen LogP contribution >= 0.6 is 0 Å². The smallest absolute Gasteiger partial charge is 0.314 e. The molecule has 0 bridgehead atoms. The SMILES string of the molecule is COC(=O)[C@]12CC[C@](C)(O)[C@H](C)[C@H]1C1=CC[C@@H]3[C@@]4(C)C[C@@H](O)[C@H](O)[C@](C)(C(=O)OC)[C@H]4CC[C@@]3(C)[C@]1(C)CC2. The summed E-state index contributed by atoms with van der Waals surface area (Å²) in [5.74, 6) is -0.759. The van der Waals surface area contributed by atoms with E-state index in [4.69, 9.17) is 9.47 Å². The van der Waals surface area contributed by atoms with Crippen molar-refractivity contribution in [3.63, 3.8) is 0 Å². The number of ether oxygens (including phenoxy) is 2. The van der Waals surface area contributed by atoms with Gasteiger partial charge in [-0.15, -0.1) is 0 Å². The van der Waals surface area contributed by atoms with Crippen LogP contribution < -0.4 is 0 Å². The van der Waals surface area contributed by atoms with Crippen molar-refractivity contribution >= 4 is 11.9 Å². The Kier molecular flexibility index (Phi) is 6.54. The summed E-state index contributed by atoms with van der Waals surface area (Å²) < 4.78 is 10.6. The minimum Gasteiger partial charge on any atom is -0.469 e. The van der Waals surface area contributed by atoms with Crippen LogP contribution in [0.4, 0.5) is 0 Å². The quantitative estimate of drug-likeness (QED) is 0.347. The van der Waals surface area contributed by atoms with E-state index in [0.717, 1.165) is 32.1 Å². The van der Waals surface area contributed by atoms with E-state index < -0.39 is 34.6 Å². The zero-order valence-corrected chi connectivity index (χ0v) is 25.2. The van der Waals surface area contributed by atoms with Gasteiger partial charge >= 0.3 is 11.9 Å². The molecule has 12 atom stereocenters. The van der Waals surface area contributed by atoms with Crippen molar-refractivity contribution in [2.75, 3.05) is 14.2 Å². The van der Waals surface area contributed by atoms with Gasteiger partial charge in [0, 0.05) is 5.92 Å². The normalized spacial score (nSPS) is 54.7. The minimum absolute atomic E-state index is 0.0995. The molecule has 0 aromatic heterocycles. The molecule has 0 amide bonds. The molecule has 7 nitrogen and oxygen atoms in total. The van der Waals surface area contributed by atoms with Crippen LogP contribution in [0.1, 0.15) is 92.9 Å². The standard InChI is InChI=1S/C32H50O7/c1-18-23-19-9-10-21-27(2)17-20(33)24(34)31(6,25(35)38-7)22(27)11-12-29(21,4)28(19,3)13-15-32(23,26(36)39-8)16-14-30(18,5)37/h9,18,20-24,33-34,37H,10-17H2,1-8H3/t18-,20-,21-,22+,23+,24+,27-,28-,29-,30+,31-,32-/m1/s1. The number of fused-ring (bicyclic) bond motifs is 7. The summed E-state index contributed by atoms with van der Waals surface area (Å²) in [6, 6.07) is 0. The van der Waals surface area contributed by atoms with Crippen molar-refractivity contribution < 1.29 is 34.4 Å². The molecule has 4 fully saturated rings. The Balaban J connectivity index is 1.64. The second-order valence-electron chi connectivity index (χ2n) is 15.1. The Labute approximate surface area is 233 Å². The van der Waals surface area contributed by atoms with Crippen molar-refractivity contribution in [3.8, 4) is 0 Å². The van der Waals surface area contributed by atoms with Gasteiger partial charge in [0.1, 0.15) is 0 Å². The molecule has 7 heteroatoms. The molecule has 3 N–H and O–H groups in total. The average Bonchev–Trinajstić information content (AvgIpc) is 2.88. The lowest BCUT2D eigenvalue weighted by molar-refractivity contribution is -0.242. The molecule has 5 rings (SSSR count). The van der Waals surface area contributed by atoms with E-state index in [2.05, 4.69) is 33.8 Å². The molecule has 220 valence electrons. The maximum atomic E-state index is 13.5. The first-order valence-electron chi connectivity index (χ1n) is 15.0. The molecule has 5 aliphatic carbocycles. The van der Waals surface area contributed by atoms with Crippen LogP contribution in [-0.4, -0.2) is 59.3 Å². The maximum absolute atomic E-state index is 13.5. The lowest BCUT2D eigenvalue weighted by atomic mass is 9.33. The number of allylic oxidation sites excluding steroid dienone is 2. The summed E-state index contributed by atoms with van der Waals surface area (Å²) in [7, 11) is 2.84. The third kappa shape index (κ3) is 3.39. The number of esters is 2. The van der Waals surface area contributed by atoms with Crippen LogP contribution in [0.3, 0.4) is 0 Å². The molecule has 4 saturated carbocycles. The predicted octanol–water partition coefficient (Wildman–Crippen LogP) is 4.42. The van der Waals surface area contributed by atoms with Crippen LogP contribution in [0.15, 0.2) is 11.6 Å². The molecule has 0 heterocycles. The van der Waals surface area contributed by atoms with Gasteiger partial charge in [0.25, 0.3) is 0 Å². The summed E-state index contributed by atoms with van der Waals surface area (Å²) in [6.45, 7) is 12.7. The second-order valence-corrected chi connectivity index (χ2v) is 15.1. The topological polar surface area (TPSA) is 113 Å². The van der Waals surface area contributed by atoms with Gasteiger partial charge < -0.3 is 24.8 Å². The lowest BCUT2D eigenvalue weighted by Gasteiger charge is -2.71. The summed E-state index contributed by atoms with van der Waals surface area (Å²) in [5, 5.41) is 33.7. The van der Waals surface area contributed by atoms with Crippen LogP contribution in [0.25, 0.3) is 0 Å². The summed E-state index contributed by atoms with van der Waals surface area (Å²) >= 11 is 0. The highest BCUT2D eigenvalue weighted by molar-refractivity contribution is 5.79. The molecular weight excluding hydrogens is 496 g/mol. The fraction of sp³-hybridized carbons (Fsp3) is 0.875. The number of carbonyl (C=O) groups is 2. The third-order valence-corrected chi connectivity index (χ3v) is 13.9. The number of carbonyl (C=O) groups excluding carboxylic acids is 2. The maximum Gasteiger partial charge on any atom is 0.314 e. The Bertz CT molecular complexity index is 1080. The fourth-order valence-corrected chi connectivity index (χ4v) is 11.3. The van der Waals surface area contributed by atoms with E-state index in [-0.39, 0.29) is 45.9 Å². The monoisotopic (exact) mass is 546 g/mol. The number of methoxy groups -OCH3 is 2. The van der Waals surface area contributed by atoms with Crippen molar-refractivity contribution in [1.29, 1.82) is 0 Å². The van der Waals surface area contributed by atoms with E-state index in [1.54, 1.807) is 6.92 Å². The van der Waals surface area contributed by atoms with Crippen molar-refractivity contribution in [1.82, 2.24) is 0 Å². The second kappa shape index (κ2) is 8.78. The Morgan fingerprint density at radius 2 is 1.51 bits per heavy atom. The third-order valence-electron chi connectivity index (χ3n) is 13.9. The highest BCUT2D eigenvalue weighted by atomic mass is 16.5. The van der Waals surface area contributed by atoms with E-state index in [0.29, 0.717) is 19.3 Å². The highest BCUT2D eigenvalue weighted by Gasteiger charge is 2.72. The van der Waals surface area contributed by atoms with Gasteiger partial charge in [0.05, 0.1) is 42.9 Å². The molecule has 5 aliphatic rings. The fourth-order valence-electron chi connectivity index (χ4n) is 11.3. The molecule has 39 heavy (non-hydrogen) atoms. The van der Waals surface area contributed by atoms with Crippen molar-refractivity contribution in [2.24, 2.45) is 50.7 Å². The van der Waals surface area contributed by atoms with Gasteiger partial charge in [0.15, 0.2) is 0 Å². The van der Waals surface area contributed by atoms with Crippen molar-refractivity contribution in [2.45, 2.75) is 111 Å². The van der Waals surface area contributed by atoms with E-state index >= 15 is 0 Å². The Hall–Kier alpha value is -1.44. The van der Waals surface area contributed by atoms with E-state index in [1.807, 2.05) is 6.92 Å². The van der Waals surface area contributed by atoms with Crippen LogP contribution in [0, 0.1) is 50.7 Å². The zero-order chi connectivity index (χ0) is 29.0. The molecule has 0 saturated heterocycles. The predicted molar refractivity (Wildman–Crippen MR) is 146 cm³/mol. The van der Waals surface area contributed by atoms with Gasteiger partial charge in [-0.2, -0.15) is 0 Å². The molecule has 0 aromatic rings. The largest absolute Gasteiger partial charge is 0.469 e. The molecule has 0 unspecified atom stereocenters. The number of hydrogen-bond donors (Lipinski definition) is 3. The summed E-state index contributed by atoms with van der Waals surface area (Å²) in [6.07, 6.45) is 5.79. The van der Waals surface area contributed by atoms with Gasteiger partial charge in [-0.1, -0.05) is 39.3 Å². The van der Waals surface area contributed by atoms with Crippen LogP contribution in [0.2, 0.25) is 0 Å². The molecule has 0 spiro atoms. The average molecular weight is 547 g/mol. The first-order valence-corrected chi connectivity index (χ1v) is 15.0. The van der Waals surface area contributed by atoms with Gasteiger partial charge in [0.2, 0.25) is 0 Å².